The number of aliphatic carboxylic acids is 1. The highest BCUT2D eigenvalue weighted by molar-refractivity contribution is 5.98. The Morgan fingerprint density at radius 3 is 2.48 bits per heavy atom. The number of nitro benzene ring substituents is 1. The average Bonchev–Trinajstić information content (AvgIpc) is 3.49. The lowest BCUT2D eigenvalue weighted by molar-refractivity contribution is -0.384. The van der Waals surface area contributed by atoms with Crippen LogP contribution in [0.4, 0.5) is 11.4 Å². The molecule has 0 aliphatic heterocycles. The molecule has 1 aliphatic carbocycles. The highest BCUT2D eigenvalue weighted by atomic mass is 16.6. The van der Waals surface area contributed by atoms with Crippen LogP contribution in [0, 0.1) is 16.0 Å². The predicted octanol–water partition coefficient (Wildman–Crippen LogP) is 2.80. The van der Waals surface area contributed by atoms with E-state index in [2.05, 4.69) is 10.6 Å². The van der Waals surface area contributed by atoms with Gasteiger partial charge in [-0.2, -0.15) is 0 Å². The molecule has 2 aromatic carbocycles. The van der Waals surface area contributed by atoms with Crippen molar-refractivity contribution in [3.05, 3.63) is 69.8 Å². The van der Waals surface area contributed by atoms with Gasteiger partial charge in [-0.25, -0.2) is 4.79 Å². The fourth-order valence-corrected chi connectivity index (χ4v) is 2.80. The number of hydrogen-bond donors (Lipinski definition) is 3. The SMILES string of the molecule is O=C(NC(C(=O)O)C1CC1)c1ccc(NCc2ccccc2)c([N+](=O)[O-])c1. The van der Waals surface area contributed by atoms with Crippen LogP contribution >= 0.6 is 0 Å². The van der Waals surface area contributed by atoms with Crippen molar-refractivity contribution in [2.45, 2.75) is 25.4 Å². The summed E-state index contributed by atoms with van der Waals surface area (Å²) in [7, 11) is 0. The molecule has 0 bridgehead atoms. The number of nitrogens with zero attached hydrogens (tertiary/aromatic N) is 1. The molecule has 0 saturated heterocycles. The zero-order valence-corrected chi connectivity index (χ0v) is 14.4. The van der Waals surface area contributed by atoms with E-state index >= 15 is 0 Å². The maximum atomic E-state index is 12.3. The van der Waals surface area contributed by atoms with Crippen LogP contribution in [0.2, 0.25) is 0 Å². The van der Waals surface area contributed by atoms with Crippen molar-refractivity contribution < 1.29 is 19.6 Å². The summed E-state index contributed by atoms with van der Waals surface area (Å²) in [6.45, 7) is 0.399. The van der Waals surface area contributed by atoms with Gasteiger partial charge in [0.15, 0.2) is 0 Å². The maximum Gasteiger partial charge on any atom is 0.326 e. The summed E-state index contributed by atoms with van der Waals surface area (Å²) >= 11 is 0. The molecule has 0 aromatic heterocycles. The van der Waals surface area contributed by atoms with E-state index in [-0.39, 0.29) is 22.9 Å². The molecule has 1 unspecified atom stereocenters. The van der Waals surface area contributed by atoms with Crippen molar-refractivity contribution in [1.29, 1.82) is 0 Å². The quantitative estimate of drug-likeness (QED) is 0.486. The van der Waals surface area contributed by atoms with Gasteiger partial charge in [0.05, 0.1) is 4.92 Å². The number of carboxylic acid groups (broad SMARTS) is 1. The van der Waals surface area contributed by atoms with Crippen LogP contribution in [-0.4, -0.2) is 27.9 Å². The molecule has 8 heteroatoms. The molecule has 0 heterocycles. The Morgan fingerprint density at radius 2 is 1.89 bits per heavy atom. The lowest BCUT2D eigenvalue weighted by Gasteiger charge is -2.14. The Kier molecular flexibility index (Phi) is 5.35. The minimum Gasteiger partial charge on any atom is -0.480 e. The molecule has 140 valence electrons. The monoisotopic (exact) mass is 369 g/mol. The molecule has 1 fully saturated rings. The Bertz CT molecular complexity index is 865. The van der Waals surface area contributed by atoms with Crippen LogP contribution < -0.4 is 10.6 Å². The first-order valence-corrected chi connectivity index (χ1v) is 8.55. The molecule has 1 atom stereocenters. The van der Waals surface area contributed by atoms with Gasteiger partial charge in [0, 0.05) is 18.2 Å². The summed E-state index contributed by atoms with van der Waals surface area (Å²) in [5, 5.41) is 26.1. The van der Waals surface area contributed by atoms with Crippen molar-refractivity contribution in [2.24, 2.45) is 5.92 Å². The van der Waals surface area contributed by atoms with Gasteiger partial charge in [0.2, 0.25) is 0 Å². The minimum atomic E-state index is -1.10. The van der Waals surface area contributed by atoms with Crippen LogP contribution in [0.15, 0.2) is 48.5 Å². The largest absolute Gasteiger partial charge is 0.480 e. The number of carbonyl (C=O) groups excluding carboxylic acids is 1. The zero-order valence-electron chi connectivity index (χ0n) is 14.4. The van der Waals surface area contributed by atoms with Crippen molar-refractivity contribution in [3.63, 3.8) is 0 Å². The molecule has 3 rings (SSSR count). The smallest absolute Gasteiger partial charge is 0.326 e. The number of benzene rings is 2. The number of rotatable bonds is 8. The molecular weight excluding hydrogens is 350 g/mol. The number of nitro groups is 1. The molecule has 1 amide bonds. The van der Waals surface area contributed by atoms with Crippen LogP contribution in [0.25, 0.3) is 0 Å². The molecular formula is C19H19N3O5. The lowest BCUT2D eigenvalue weighted by Crippen LogP contribution is -2.42. The number of hydrogen-bond acceptors (Lipinski definition) is 5. The van der Waals surface area contributed by atoms with E-state index < -0.39 is 22.8 Å². The third kappa shape index (κ3) is 4.60. The Labute approximate surface area is 155 Å². The fraction of sp³-hybridized carbons (Fsp3) is 0.263. The van der Waals surface area contributed by atoms with Gasteiger partial charge in [-0.15, -0.1) is 0 Å². The van der Waals surface area contributed by atoms with Crippen molar-refractivity contribution in [2.75, 3.05) is 5.32 Å². The maximum absolute atomic E-state index is 12.3. The summed E-state index contributed by atoms with van der Waals surface area (Å²) in [5.74, 6) is -1.80. The van der Waals surface area contributed by atoms with Crippen molar-refractivity contribution in [3.8, 4) is 0 Å². The second kappa shape index (κ2) is 7.86. The van der Waals surface area contributed by atoms with E-state index in [1.807, 2.05) is 30.3 Å². The van der Waals surface area contributed by atoms with E-state index in [9.17, 15) is 24.8 Å². The van der Waals surface area contributed by atoms with Gasteiger partial charge in [0.25, 0.3) is 11.6 Å². The Hall–Kier alpha value is -3.42. The first kappa shape index (κ1) is 18.4. The summed E-state index contributed by atoms with van der Waals surface area (Å²) in [6.07, 6.45) is 1.50. The standard InChI is InChI=1S/C19H19N3O5/c23-18(21-17(19(24)25)13-6-7-13)14-8-9-15(16(10-14)22(26)27)20-11-12-4-2-1-3-5-12/h1-5,8-10,13,17,20H,6-7,11H2,(H,21,23)(H,24,25). The van der Waals surface area contributed by atoms with Gasteiger partial charge in [-0.3, -0.25) is 14.9 Å². The highest BCUT2D eigenvalue weighted by Gasteiger charge is 2.37. The molecule has 27 heavy (non-hydrogen) atoms. The lowest BCUT2D eigenvalue weighted by atomic mass is 10.1. The third-order valence-corrected chi connectivity index (χ3v) is 4.43. The first-order chi connectivity index (χ1) is 13.0. The fourth-order valence-electron chi connectivity index (χ4n) is 2.80. The zero-order chi connectivity index (χ0) is 19.4. The van der Waals surface area contributed by atoms with E-state index in [4.69, 9.17) is 0 Å². The first-order valence-electron chi connectivity index (χ1n) is 8.55. The number of amides is 1. The number of carbonyl (C=O) groups is 2. The summed E-state index contributed by atoms with van der Waals surface area (Å²) < 4.78 is 0. The van der Waals surface area contributed by atoms with E-state index in [1.54, 1.807) is 0 Å². The highest BCUT2D eigenvalue weighted by Crippen LogP contribution is 2.33. The second-order valence-electron chi connectivity index (χ2n) is 6.45. The summed E-state index contributed by atoms with van der Waals surface area (Å²) in [6, 6.07) is 12.5. The van der Waals surface area contributed by atoms with Gasteiger partial charge in [-0.05, 0) is 36.5 Å². The average molecular weight is 369 g/mol. The van der Waals surface area contributed by atoms with Crippen molar-refractivity contribution in [1.82, 2.24) is 5.32 Å². The Balaban J connectivity index is 1.75. The van der Waals surface area contributed by atoms with Gasteiger partial charge >= 0.3 is 5.97 Å². The van der Waals surface area contributed by atoms with Gasteiger partial charge in [-0.1, -0.05) is 30.3 Å². The summed E-state index contributed by atoms with van der Waals surface area (Å²) in [5.41, 5.74) is 1.07. The minimum absolute atomic E-state index is 0.0545. The van der Waals surface area contributed by atoms with Crippen LogP contribution in [0.1, 0.15) is 28.8 Å². The molecule has 2 aromatic rings. The Morgan fingerprint density at radius 1 is 1.19 bits per heavy atom. The molecule has 8 nitrogen and oxygen atoms in total. The topological polar surface area (TPSA) is 122 Å². The molecule has 1 aliphatic rings. The number of anilines is 1. The van der Waals surface area contributed by atoms with Gasteiger partial charge in [0.1, 0.15) is 11.7 Å². The predicted molar refractivity (Wildman–Crippen MR) is 98.5 cm³/mol. The molecule has 0 radical (unpaired) electrons. The molecule has 0 spiro atoms. The van der Waals surface area contributed by atoms with Crippen LogP contribution in [-0.2, 0) is 11.3 Å². The van der Waals surface area contributed by atoms with Crippen molar-refractivity contribution >= 4 is 23.3 Å². The third-order valence-electron chi connectivity index (χ3n) is 4.43. The molecule has 1 saturated carbocycles. The number of nitrogens with one attached hydrogen (secondary N) is 2. The number of carboxylic acids is 1. The van der Waals surface area contributed by atoms with Crippen LogP contribution in [0.3, 0.4) is 0 Å². The van der Waals surface area contributed by atoms with Gasteiger partial charge < -0.3 is 15.7 Å². The second-order valence-corrected chi connectivity index (χ2v) is 6.45. The van der Waals surface area contributed by atoms with Crippen LogP contribution in [0.5, 0.6) is 0 Å². The summed E-state index contributed by atoms with van der Waals surface area (Å²) in [4.78, 5) is 34.4. The van der Waals surface area contributed by atoms with E-state index in [0.717, 1.165) is 24.5 Å². The van der Waals surface area contributed by atoms with E-state index in [1.165, 1.54) is 12.1 Å². The normalized spacial score (nSPS) is 14.2. The van der Waals surface area contributed by atoms with E-state index in [0.29, 0.717) is 6.54 Å². The molecule has 3 N–H and O–H groups in total.